The average molecular weight is 302 g/mol. The van der Waals surface area contributed by atoms with Gasteiger partial charge >= 0.3 is 0 Å². The first-order valence-electron chi connectivity index (χ1n) is 6.08. The van der Waals surface area contributed by atoms with E-state index < -0.39 is 4.92 Å². The van der Waals surface area contributed by atoms with Gasteiger partial charge in [0.1, 0.15) is 10.8 Å². The Morgan fingerprint density at radius 2 is 2.24 bits per heavy atom. The molecule has 1 heterocycles. The van der Waals surface area contributed by atoms with Crippen LogP contribution in [0.25, 0.3) is 10.9 Å². The number of phenolic OH excluding ortho intramolecular Hbond substituents is 1. The van der Waals surface area contributed by atoms with Crippen molar-refractivity contribution in [1.29, 1.82) is 5.26 Å². The predicted octanol–water partition coefficient (Wildman–Crippen LogP) is 2.72. The first kappa shape index (κ1) is 13.3. The number of fused-ring (bicyclic) bond motifs is 2. The maximum Gasteiger partial charge on any atom is 0.247 e. The number of nitriles is 1. The largest absolute Gasteiger partial charge is 0.506 e. The summed E-state index contributed by atoms with van der Waals surface area (Å²) in [5, 5.41) is 30.3. The minimum atomic E-state index is -0.415. The van der Waals surface area contributed by atoms with E-state index in [0.29, 0.717) is 28.6 Å². The van der Waals surface area contributed by atoms with Gasteiger partial charge in [0.15, 0.2) is 0 Å². The van der Waals surface area contributed by atoms with Gasteiger partial charge in [0.2, 0.25) is 5.70 Å². The van der Waals surface area contributed by atoms with E-state index in [1.54, 1.807) is 6.07 Å². The van der Waals surface area contributed by atoms with Crippen molar-refractivity contribution in [2.75, 3.05) is 0 Å². The van der Waals surface area contributed by atoms with Gasteiger partial charge in [-0.2, -0.15) is 5.26 Å². The fourth-order valence-electron chi connectivity index (χ4n) is 2.41. The lowest BCUT2D eigenvalue weighted by molar-refractivity contribution is -0.427. The summed E-state index contributed by atoms with van der Waals surface area (Å²) in [5.74, 6) is -0.203. The minimum Gasteiger partial charge on any atom is -0.506 e. The lowest BCUT2D eigenvalue weighted by Crippen LogP contribution is -2.11. The number of pyridine rings is 1. The zero-order chi connectivity index (χ0) is 15.1. The highest BCUT2D eigenvalue weighted by Gasteiger charge is 2.22. The maximum atomic E-state index is 10.9. The average Bonchev–Trinajstić information content (AvgIpc) is 2.48. The van der Waals surface area contributed by atoms with Crippen molar-refractivity contribution in [2.24, 2.45) is 0 Å². The van der Waals surface area contributed by atoms with Crippen LogP contribution < -0.4 is 0 Å². The van der Waals surface area contributed by atoms with Crippen molar-refractivity contribution in [2.45, 2.75) is 12.8 Å². The number of nitro groups is 1. The molecule has 0 saturated heterocycles. The zero-order valence-corrected chi connectivity index (χ0v) is 11.4. The first-order valence-corrected chi connectivity index (χ1v) is 6.46. The first-order chi connectivity index (χ1) is 10.0. The second kappa shape index (κ2) is 4.72. The molecule has 0 fully saturated rings. The van der Waals surface area contributed by atoms with Crippen molar-refractivity contribution in [3.63, 3.8) is 0 Å². The van der Waals surface area contributed by atoms with E-state index in [1.165, 1.54) is 12.1 Å². The number of aromatic hydroxyl groups is 1. The van der Waals surface area contributed by atoms with Crippen molar-refractivity contribution in [3.8, 4) is 11.8 Å². The Morgan fingerprint density at radius 3 is 2.90 bits per heavy atom. The lowest BCUT2D eigenvalue weighted by Gasteiger charge is -2.14. The van der Waals surface area contributed by atoms with E-state index in [1.807, 2.05) is 6.07 Å². The smallest absolute Gasteiger partial charge is 0.247 e. The molecule has 1 N–H and O–H groups in total. The quantitative estimate of drug-likeness (QED) is 0.644. The predicted molar refractivity (Wildman–Crippen MR) is 75.6 cm³/mol. The van der Waals surface area contributed by atoms with Crippen LogP contribution in [0.15, 0.2) is 23.9 Å². The van der Waals surface area contributed by atoms with Crippen LogP contribution in [0.5, 0.6) is 5.75 Å². The second-order valence-electron chi connectivity index (χ2n) is 4.69. The molecule has 0 bridgehead atoms. The number of hydrogen-bond donors (Lipinski definition) is 1. The fraction of sp³-hybridized carbons (Fsp3) is 0.143. The van der Waals surface area contributed by atoms with Crippen LogP contribution in [0.1, 0.15) is 16.8 Å². The van der Waals surface area contributed by atoms with Crippen LogP contribution >= 0.6 is 11.6 Å². The van der Waals surface area contributed by atoms with Crippen LogP contribution in [-0.4, -0.2) is 15.0 Å². The molecular weight excluding hydrogens is 294 g/mol. The van der Waals surface area contributed by atoms with Gasteiger partial charge in [-0.25, -0.2) is 0 Å². The fourth-order valence-corrected chi connectivity index (χ4v) is 2.61. The van der Waals surface area contributed by atoms with Gasteiger partial charge in [-0.15, -0.1) is 0 Å². The van der Waals surface area contributed by atoms with Crippen LogP contribution in [-0.2, 0) is 12.8 Å². The Labute approximate surface area is 124 Å². The third-order valence-electron chi connectivity index (χ3n) is 3.45. The number of aromatic nitrogens is 1. The monoisotopic (exact) mass is 301 g/mol. The molecule has 1 aromatic heterocycles. The summed E-state index contributed by atoms with van der Waals surface area (Å²) in [7, 11) is 0. The van der Waals surface area contributed by atoms with E-state index in [9.17, 15) is 15.2 Å². The number of rotatable bonds is 1. The summed E-state index contributed by atoms with van der Waals surface area (Å²) < 4.78 is 0. The normalized spacial score (nSPS) is 13.4. The summed E-state index contributed by atoms with van der Waals surface area (Å²) >= 11 is 6.03. The van der Waals surface area contributed by atoms with Gasteiger partial charge in [0, 0.05) is 17.5 Å². The Morgan fingerprint density at radius 1 is 1.48 bits per heavy atom. The van der Waals surface area contributed by atoms with E-state index in [2.05, 4.69) is 4.98 Å². The molecule has 0 spiro atoms. The summed E-state index contributed by atoms with van der Waals surface area (Å²) in [5.41, 5.74) is 2.07. The highest BCUT2D eigenvalue weighted by molar-refractivity contribution is 6.36. The third kappa shape index (κ3) is 2.08. The molecule has 0 saturated carbocycles. The molecule has 3 rings (SSSR count). The summed E-state index contributed by atoms with van der Waals surface area (Å²) in [4.78, 5) is 14.8. The van der Waals surface area contributed by atoms with Crippen LogP contribution in [0.3, 0.4) is 0 Å². The topological polar surface area (TPSA) is 100 Å². The minimum absolute atomic E-state index is 0.0795. The van der Waals surface area contributed by atoms with Crippen molar-refractivity contribution < 1.29 is 10.0 Å². The van der Waals surface area contributed by atoms with Crippen molar-refractivity contribution >= 4 is 22.5 Å². The number of phenols is 1. The molecule has 1 aliphatic rings. The Balaban J connectivity index is 2.26. The van der Waals surface area contributed by atoms with E-state index in [4.69, 9.17) is 16.9 Å². The molecule has 0 atom stereocenters. The van der Waals surface area contributed by atoms with Crippen molar-refractivity contribution in [1.82, 2.24) is 4.98 Å². The van der Waals surface area contributed by atoms with Gasteiger partial charge in [0.25, 0.3) is 0 Å². The van der Waals surface area contributed by atoms with Crippen LogP contribution in [0, 0.1) is 21.4 Å². The molecular formula is C14H8ClN3O3. The van der Waals surface area contributed by atoms with E-state index in [0.717, 1.165) is 0 Å². The molecule has 0 amide bonds. The number of hydrogen-bond acceptors (Lipinski definition) is 5. The molecule has 7 heteroatoms. The highest BCUT2D eigenvalue weighted by atomic mass is 35.5. The van der Waals surface area contributed by atoms with E-state index in [-0.39, 0.29) is 28.5 Å². The van der Waals surface area contributed by atoms with Crippen molar-refractivity contribution in [3.05, 3.63) is 55.9 Å². The van der Waals surface area contributed by atoms with Crippen LogP contribution in [0.2, 0.25) is 5.02 Å². The number of benzene rings is 1. The summed E-state index contributed by atoms with van der Waals surface area (Å²) in [6.07, 6.45) is 2.01. The maximum absolute atomic E-state index is 10.9. The Hall–Kier alpha value is -2.65. The van der Waals surface area contributed by atoms with Gasteiger partial charge in [-0.3, -0.25) is 15.1 Å². The van der Waals surface area contributed by atoms with Gasteiger partial charge in [-0.1, -0.05) is 11.6 Å². The molecule has 2 aromatic rings. The molecule has 0 unspecified atom stereocenters. The second-order valence-corrected chi connectivity index (χ2v) is 5.07. The summed E-state index contributed by atoms with van der Waals surface area (Å²) in [6, 6.07) is 4.93. The lowest BCUT2D eigenvalue weighted by atomic mass is 9.96. The molecule has 6 nitrogen and oxygen atoms in total. The molecule has 21 heavy (non-hydrogen) atoms. The number of halogens is 1. The molecule has 1 aromatic carbocycles. The highest BCUT2D eigenvalue weighted by Crippen LogP contribution is 2.35. The number of nitrogens with zero attached hydrogens (tertiary/aromatic N) is 3. The van der Waals surface area contributed by atoms with Gasteiger partial charge in [-0.05, 0) is 23.8 Å². The summed E-state index contributed by atoms with van der Waals surface area (Å²) in [6.45, 7) is 0. The number of allylic oxidation sites excluding steroid dienone is 2. The molecule has 0 radical (unpaired) electrons. The van der Waals surface area contributed by atoms with E-state index >= 15 is 0 Å². The van der Waals surface area contributed by atoms with Gasteiger partial charge in [0.05, 0.1) is 28.5 Å². The third-order valence-corrected chi connectivity index (χ3v) is 3.83. The molecule has 104 valence electrons. The Kier molecular flexibility index (Phi) is 3.00. The SMILES string of the molecule is N#Cc1cc(O)c(Cl)c2nc3c(cc12)CC([N+](=O)[O-])=CC3. The zero-order valence-electron chi connectivity index (χ0n) is 10.6. The molecule has 0 aliphatic heterocycles. The molecule has 1 aliphatic carbocycles. The Bertz CT molecular complexity index is 868. The standard InChI is InChI=1S/C14H8ClN3O3/c15-13-12(19)5-8(6-16)10-4-7-3-9(18(20)21)1-2-11(7)17-14(10)13/h1,4-5,19H,2-3H2. The van der Waals surface area contributed by atoms with Gasteiger partial charge < -0.3 is 5.11 Å². The van der Waals surface area contributed by atoms with Crippen LogP contribution in [0.4, 0.5) is 0 Å².